The molecule has 0 saturated carbocycles. The first-order chi connectivity index (χ1) is 7.62. The van der Waals surface area contributed by atoms with Gasteiger partial charge < -0.3 is 4.74 Å². The molecule has 1 unspecified atom stereocenters. The van der Waals surface area contributed by atoms with Crippen LogP contribution in [0.5, 0.6) is 0 Å². The van der Waals surface area contributed by atoms with E-state index >= 15 is 0 Å². The zero-order chi connectivity index (χ0) is 12.0. The van der Waals surface area contributed by atoms with E-state index < -0.39 is 11.6 Å². The Morgan fingerprint density at radius 1 is 1.38 bits per heavy atom. The van der Waals surface area contributed by atoms with Crippen LogP contribution in [0.25, 0.3) is 0 Å². The molecule has 86 valence electrons. The van der Waals surface area contributed by atoms with E-state index in [0.29, 0.717) is 12.8 Å². The SMILES string of the molecule is CCC(C=O)(Cc1ccccc1)OC(C)=O. The molecule has 0 bridgehead atoms. The fraction of sp³-hybridized carbons (Fsp3) is 0.385. The van der Waals surface area contributed by atoms with E-state index in [-0.39, 0.29) is 0 Å². The molecule has 0 saturated heterocycles. The van der Waals surface area contributed by atoms with Crippen molar-refractivity contribution in [3.63, 3.8) is 0 Å². The molecule has 16 heavy (non-hydrogen) atoms. The van der Waals surface area contributed by atoms with Crippen molar-refractivity contribution in [1.29, 1.82) is 0 Å². The van der Waals surface area contributed by atoms with Gasteiger partial charge in [-0.05, 0) is 12.0 Å². The highest BCUT2D eigenvalue weighted by molar-refractivity contribution is 5.73. The molecular formula is C13H16O3. The van der Waals surface area contributed by atoms with E-state index in [9.17, 15) is 9.59 Å². The van der Waals surface area contributed by atoms with E-state index in [1.807, 2.05) is 37.3 Å². The summed E-state index contributed by atoms with van der Waals surface area (Å²) >= 11 is 0. The molecule has 0 aromatic heterocycles. The average Bonchev–Trinajstić information content (AvgIpc) is 2.29. The summed E-state index contributed by atoms with van der Waals surface area (Å²) in [5.41, 5.74) is -0.0367. The average molecular weight is 220 g/mol. The molecule has 0 radical (unpaired) electrons. The Bertz CT molecular complexity index is 359. The van der Waals surface area contributed by atoms with Gasteiger partial charge in [0.1, 0.15) is 0 Å². The van der Waals surface area contributed by atoms with Gasteiger partial charge in [0.05, 0.1) is 0 Å². The fourth-order valence-corrected chi connectivity index (χ4v) is 1.61. The lowest BCUT2D eigenvalue weighted by molar-refractivity contribution is -0.160. The molecule has 3 heteroatoms. The number of hydrogen-bond donors (Lipinski definition) is 0. The van der Waals surface area contributed by atoms with Crippen molar-refractivity contribution in [2.75, 3.05) is 0 Å². The smallest absolute Gasteiger partial charge is 0.303 e. The molecule has 1 aromatic rings. The molecule has 0 aliphatic carbocycles. The second-order valence-corrected chi connectivity index (χ2v) is 3.79. The lowest BCUT2D eigenvalue weighted by atomic mass is 9.93. The van der Waals surface area contributed by atoms with Crippen LogP contribution < -0.4 is 0 Å². The molecule has 1 atom stereocenters. The number of benzene rings is 1. The normalized spacial score (nSPS) is 13.9. The van der Waals surface area contributed by atoms with Crippen LogP contribution in [0, 0.1) is 0 Å². The van der Waals surface area contributed by atoms with Crippen molar-refractivity contribution in [1.82, 2.24) is 0 Å². The molecule has 0 amide bonds. The Morgan fingerprint density at radius 3 is 2.44 bits per heavy atom. The first kappa shape index (κ1) is 12.4. The van der Waals surface area contributed by atoms with Crippen LogP contribution in [0.2, 0.25) is 0 Å². The highest BCUT2D eigenvalue weighted by atomic mass is 16.6. The summed E-state index contributed by atoms with van der Waals surface area (Å²) in [7, 11) is 0. The van der Waals surface area contributed by atoms with Crippen molar-refractivity contribution in [3.05, 3.63) is 35.9 Å². The number of esters is 1. The van der Waals surface area contributed by atoms with E-state index in [4.69, 9.17) is 4.74 Å². The van der Waals surface area contributed by atoms with Crippen LogP contribution in [0.15, 0.2) is 30.3 Å². The summed E-state index contributed by atoms with van der Waals surface area (Å²) < 4.78 is 5.13. The first-order valence-corrected chi connectivity index (χ1v) is 5.32. The van der Waals surface area contributed by atoms with Crippen LogP contribution in [-0.4, -0.2) is 17.9 Å². The van der Waals surface area contributed by atoms with E-state index in [1.54, 1.807) is 0 Å². The van der Waals surface area contributed by atoms with Crippen LogP contribution in [0.1, 0.15) is 25.8 Å². The fourth-order valence-electron chi connectivity index (χ4n) is 1.61. The zero-order valence-electron chi connectivity index (χ0n) is 9.60. The Labute approximate surface area is 95.4 Å². The van der Waals surface area contributed by atoms with E-state index in [2.05, 4.69) is 0 Å². The summed E-state index contributed by atoms with van der Waals surface area (Å²) in [6.07, 6.45) is 1.62. The molecule has 3 nitrogen and oxygen atoms in total. The van der Waals surface area contributed by atoms with Crippen molar-refractivity contribution >= 4 is 12.3 Å². The van der Waals surface area contributed by atoms with Gasteiger partial charge in [-0.15, -0.1) is 0 Å². The number of aldehydes is 1. The maximum Gasteiger partial charge on any atom is 0.303 e. The van der Waals surface area contributed by atoms with Gasteiger partial charge in [0.15, 0.2) is 11.9 Å². The minimum Gasteiger partial charge on any atom is -0.451 e. The number of hydrogen-bond acceptors (Lipinski definition) is 3. The maximum atomic E-state index is 11.1. The minimum absolute atomic E-state index is 0.424. The number of carbonyl (C=O) groups excluding carboxylic acids is 2. The molecule has 1 rings (SSSR count). The second kappa shape index (κ2) is 5.45. The van der Waals surface area contributed by atoms with Crippen molar-refractivity contribution in [3.8, 4) is 0 Å². The van der Waals surface area contributed by atoms with Gasteiger partial charge in [-0.3, -0.25) is 9.59 Å². The topological polar surface area (TPSA) is 43.4 Å². The number of carbonyl (C=O) groups is 2. The second-order valence-electron chi connectivity index (χ2n) is 3.79. The van der Waals surface area contributed by atoms with Crippen LogP contribution >= 0.6 is 0 Å². The monoisotopic (exact) mass is 220 g/mol. The Kier molecular flexibility index (Phi) is 4.23. The Hall–Kier alpha value is -1.64. The highest BCUT2D eigenvalue weighted by Gasteiger charge is 2.31. The maximum absolute atomic E-state index is 11.1. The third-order valence-electron chi connectivity index (χ3n) is 2.51. The van der Waals surface area contributed by atoms with E-state index in [1.165, 1.54) is 6.92 Å². The van der Waals surface area contributed by atoms with Gasteiger partial charge in [0, 0.05) is 13.3 Å². The minimum atomic E-state index is -1.02. The van der Waals surface area contributed by atoms with Crippen molar-refractivity contribution < 1.29 is 14.3 Å². The summed E-state index contributed by atoms with van der Waals surface area (Å²) in [6, 6.07) is 9.53. The predicted molar refractivity (Wildman–Crippen MR) is 61.0 cm³/mol. The van der Waals surface area contributed by atoms with Gasteiger partial charge >= 0.3 is 5.97 Å². The van der Waals surface area contributed by atoms with Crippen LogP contribution in [-0.2, 0) is 20.7 Å². The molecule has 0 aliphatic heterocycles. The van der Waals surface area contributed by atoms with Gasteiger partial charge in [-0.1, -0.05) is 37.3 Å². The quantitative estimate of drug-likeness (QED) is 0.564. The van der Waals surface area contributed by atoms with E-state index in [0.717, 1.165) is 11.8 Å². The van der Waals surface area contributed by atoms with Crippen LogP contribution in [0.4, 0.5) is 0 Å². The van der Waals surface area contributed by atoms with Gasteiger partial charge in [-0.2, -0.15) is 0 Å². The molecule has 0 N–H and O–H groups in total. The number of rotatable bonds is 5. The molecule has 0 heterocycles. The third kappa shape index (κ3) is 3.19. The highest BCUT2D eigenvalue weighted by Crippen LogP contribution is 2.20. The van der Waals surface area contributed by atoms with Crippen molar-refractivity contribution in [2.24, 2.45) is 0 Å². The van der Waals surface area contributed by atoms with Gasteiger partial charge in [-0.25, -0.2) is 0 Å². The lowest BCUT2D eigenvalue weighted by Gasteiger charge is -2.26. The largest absolute Gasteiger partial charge is 0.451 e. The Morgan fingerprint density at radius 2 is 2.00 bits per heavy atom. The molecule has 1 aromatic carbocycles. The zero-order valence-corrected chi connectivity index (χ0v) is 9.60. The van der Waals surface area contributed by atoms with Gasteiger partial charge in [0.25, 0.3) is 0 Å². The molecular weight excluding hydrogens is 204 g/mol. The summed E-state index contributed by atoms with van der Waals surface area (Å²) in [5, 5.41) is 0. The molecule has 0 fully saturated rings. The predicted octanol–water partition coefficient (Wildman–Crippen LogP) is 2.14. The molecule has 0 aliphatic rings. The van der Waals surface area contributed by atoms with Crippen molar-refractivity contribution in [2.45, 2.75) is 32.3 Å². The third-order valence-corrected chi connectivity index (χ3v) is 2.51. The number of ether oxygens (including phenoxy) is 1. The first-order valence-electron chi connectivity index (χ1n) is 5.32. The summed E-state index contributed by atoms with van der Waals surface area (Å²) in [6.45, 7) is 3.15. The summed E-state index contributed by atoms with van der Waals surface area (Å²) in [4.78, 5) is 22.1. The van der Waals surface area contributed by atoms with Crippen LogP contribution in [0.3, 0.4) is 0 Å². The van der Waals surface area contributed by atoms with Gasteiger partial charge in [0.2, 0.25) is 0 Å². The summed E-state index contributed by atoms with van der Waals surface area (Å²) in [5.74, 6) is -0.426. The Balaban J connectivity index is 2.86. The lowest BCUT2D eigenvalue weighted by Crippen LogP contribution is -2.38. The standard InChI is InChI=1S/C13H16O3/c1-3-13(10-14,16-11(2)15)9-12-7-5-4-6-8-12/h4-8,10H,3,9H2,1-2H3. The molecule has 0 spiro atoms.